The molecule has 0 amide bonds. The Bertz CT molecular complexity index is 235. The summed E-state index contributed by atoms with van der Waals surface area (Å²) in [5, 5.41) is 3.51. The minimum absolute atomic E-state index is 0.307. The first-order chi connectivity index (χ1) is 6.74. The van der Waals surface area contributed by atoms with Gasteiger partial charge in [-0.3, -0.25) is 0 Å². The number of thioether (sulfide) groups is 1. The first kappa shape index (κ1) is 11.7. The van der Waals surface area contributed by atoms with Crippen LogP contribution in [0.4, 0.5) is 0 Å². The first-order valence-electron chi connectivity index (χ1n) is 5.02. The van der Waals surface area contributed by atoms with Gasteiger partial charge in [-0.25, -0.2) is 0 Å². The number of nitrogens with one attached hydrogen (secondary N) is 1. The van der Waals surface area contributed by atoms with Gasteiger partial charge in [0.05, 0.1) is 12.3 Å². The van der Waals surface area contributed by atoms with Crippen molar-refractivity contribution in [3.8, 4) is 0 Å². The maximum Gasteiger partial charge on any atom is 0.120 e. The average Bonchev–Trinajstić information content (AvgIpc) is 2.67. The number of hydrogen-bond acceptors (Lipinski definition) is 3. The average molecular weight is 213 g/mol. The molecule has 14 heavy (non-hydrogen) atoms. The summed E-state index contributed by atoms with van der Waals surface area (Å²) in [5.74, 6) is 2.22. The second-order valence-electron chi connectivity index (χ2n) is 3.59. The van der Waals surface area contributed by atoms with Crippen LogP contribution in [0.2, 0.25) is 0 Å². The molecule has 0 bridgehead atoms. The van der Waals surface area contributed by atoms with Gasteiger partial charge in [-0.05, 0) is 44.4 Å². The lowest BCUT2D eigenvalue weighted by molar-refractivity contribution is 0.395. The fraction of sp³-hybridized carbons (Fsp3) is 0.636. The molecule has 3 heteroatoms. The smallest absolute Gasteiger partial charge is 0.120 e. The molecule has 0 saturated heterocycles. The molecular formula is C11H19NOS. The molecule has 0 saturated carbocycles. The van der Waals surface area contributed by atoms with Crippen molar-refractivity contribution in [2.75, 3.05) is 12.0 Å². The standard InChI is InChI=1S/C11H19NOS/c1-9(6-8-14-3)12-10(2)11-5-4-7-13-11/h4-5,7,9-10,12H,6,8H2,1-3H3/t9-,10+/m0/s1. The summed E-state index contributed by atoms with van der Waals surface area (Å²) in [5.41, 5.74) is 0. The summed E-state index contributed by atoms with van der Waals surface area (Å²) < 4.78 is 5.33. The molecule has 1 aromatic heterocycles. The van der Waals surface area contributed by atoms with E-state index in [1.165, 1.54) is 12.2 Å². The Morgan fingerprint density at radius 2 is 2.29 bits per heavy atom. The molecular weight excluding hydrogens is 194 g/mol. The third kappa shape index (κ3) is 3.76. The topological polar surface area (TPSA) is 25.2 Å². The second-order valence-corrected chi connectivity index (χ2v) is 4.57. The van der Waals surface area contributed by atoms with E-state index in [4.69, 9.17) is 4.42 Å². The highest BCUT2D eigenvalue weighted by Crippen LogP contribution is 2.14. The Balaban J connectivity index is 2.29. The Kier molecular flexibility index (Phi) is 5.12. The van der Waals surface area contributed by atoms with Crippen LogP contribution in [0.15, 0.2) is 22.8 Å². The van der Waals surface area contributed by atoms with E-state index in [1.54, 1.807) is 6.26 Å². The quantitative estimate of drug-likeness (QED) is 0.786. The molecule has 1 rings (SSSR count). The predicted octanol–water partition coefficient (Wildman–Crippen LogP) is 3.07. The Hall–Kier alpha value is -0.410. The monoisotopic (exact) mass is 213 g/mol. The van der Waals surface area contributed by atoms with Gasteiger partial charge in [-0.15, -0.1) is 0 Å². The Morgan fingerprint density at radius 3 is 2.86 bits per heavy atom. The van der Waals surface area contributed by atoms with E-state index in [2.05, 4.69) is 25.4 Å². The number of furan rings is 1. The van der Waals surface area contributed by atoms with Crippen molar-refractivity contribution in [2.45, 2.75) is 32.4 Å². The summed E-state index contributed by atoms with van der Waals surface area (Å²) in [6.45, 7) is 4.35. The second kappa shape index (κ2) is 6.14. The molecule has 2 atom stereocenters. The van der Waals surface area contributed by atoms with Crippen LogP contribution in [0.1, 0.15) is 32.1 Å². The number of rotatable bonds is 6. The zero-order valence-electron chi connectivity index (χ0n) is 9.12. The van der Waals surface area contributed by atoms with Gasteiger partial charge in [0.2, 0.25) is 0 Å². The van der Waals surface area contributed by atoms with Crippen molar-refractivity contribution in [3.05, 3.63) is 24.2 Å². The van der Waals surface area contributed by atoms with Crippen molar-refractivity contribution in [1.29, 1.82) is 0 Å². The fourth-order valence-corrected chi connectivity index (χ4v) is 2.01. The van der Waals surface area contributed by atoms with Crippen molar-refractivity contribution in [1.82, 2.24) is 5.32 Å². The van der Waals surface area contributed by atoms with Crippen LogP contribution in [-0.2, 0) is 0 Å². The molecule has 0 radical (unpaired) electrons. The molecule has 0 spiro atoms. The summed E-state index contributed by atoms with van der Waals surface area (Å²) in [4.78, 5) is 0. The van der Waals surface area contributed by atoms with Crippen LogP contribution in [0, 0.1) is 0 Å². The van der Waals surface area contributed by atoms with Crippen molar-refractivity contribution < 1.29 is 4.42 Å². The molecule has 0 unspecified atom stereocenters. The van der Waals surface area contributed by atoms with Crippen molar-refractivity contribution in [2.24, 2.45) is 0 Å². The van der Waals surface area contributed by atoms with Gasteiger partial charge in [0.1, 0.15) is 5.76 Å². The van der Waals surface area contributed by atoms with Crippen LogP contribution < -0.4 is 5.32 Å². The van der Waals surface area contributed by atoms with Crippen LogP contribution >= 0.6 is 11.8 Å². The minimum atomic E-state index is 0.307. The summed E-state index contributed by atoms with van der Waals surface area (Å²) in [7, 11) is 0. The molecule has 0 fully saturated rings. The Morgan fingerprint density at radius 1 is 1.50 bits per heavy atom. The van der Waals surface area contributed by atoms with Crippen LogP contribution in [-0.4, -0.2) is 18.1 Å². The molecule has 1 aromatic rings. The lowest BCUT2D eigenvalue weighted by atomic mass is 10.2. The van der Waals surface area contributed by atoms with Gasteiger partial charge in [0.25, 0.3) is 0 Å². The predicted molar refractivity (Wildman–Crippen MR) is 62.7 cm³/mol. The van der Waals surface area contributed by atoms with Gasteiger partial charge in [-0.1, -0.05) is 0 Å². The maximum atomic E-state index is 5.33. The first-order valence-corrected chi connectivity index (χ1v) is 6.41. The minimum Gasteiger partial charge on any atom is -0.468 e. The van der Waals surface area contributed by atoms with E-state index in [9.17, 15) is 0 Å². The summed E-state index contributed by atoms with van der Waals surface area (Å²) >= 11 is 1.89. The van der Waals surface area contributed by atoms with Gasteiger partial charge in [-0.2, -0.15) is 11.8 Å². The van der Waals surface area contributed by atoms with E-state index in [1.807, 2.05) is 23.9 Å². The maximum absolute atomic E-state index is 5.33. The van der Waals surface area contributed by atoms with Gasteiger partial charge in [0.15, 0.2) is 0 Å². The normalized spacial score (nSPS) is 15.4. The fourth-order valence-electron chi connectivity index (χ4n) is 1.42. The van der Waals surface area contributed by atoms with E-state index in [0.717, 1.165) is 5.76 Å². The van der Waals surface area contributed by atoms with Gasteiger partial charge in [0, 0.05) is 6.04 Å². The van der Waals surface area contributed by atoms with Crippen molar-refractivity contribution >= 4 is 11.8 Å². The van der Waals surface area contributed by atoms with Crippen LogP contribution in [0.3, 0.4) is 0 Å². The summed E-state index contributed by atoms with van der Waals surface area (Å²) in [6, 6.07) is 4.79. The highest BCUT2D eigenvalue weighted by Gasteiger charge is 2.10. The Labute approximate surface area is 90.5 Å². The molecule has 0 aliphatic carbocycles. The number of hydrogen-bond donors (Lipinski definition) is 1. The van der Waals surface area contributed by atoms with E-state index in [-0.39, 0.29) is 0 Å². The largest absolute Gasteiger partial charge is 0.468 e. The molecule has 1 heterocycles. The van der Waals surface area contributed by atoms with Gasteiger partial charge < -0.3 is 9.73 Å². The molecule has 0 aliphatic rings. The molecule has 1 N–H and O–H groups in total. The van der Waals surface area contributed by atoms with E-state index >= 15 is 0 Å². The van der Waals surface area contributed by atoms with Crippen LogP contribution in [0.25, 0.3) is 0 Å². The molecule has 2 nitrogen and oxygen atoms in total. The molecule has 0 aliphatic heterocycles. The molecule has 80 valence electrons. The lowest BCUT2D eigenvalue weighted by Gasteiger charge is -2.17. The summed E-state index contributed by atoms with van der Waals surface area (Å²) in [6.07, 6.45) is 5.06. The van der Waals surface area contributed by atoms with Gasteiger partial charge >= 0.3 is 0 Å². The van der Waals surface area contributed by atoms with Crippen molar-refractivity contribution in [3.63, 3.8) is 0 Å². The van der Waals surface area contributed by atoms with Crippen LogP contribution in [0.5, 0.6) is 0 Å². The zero-order valence-corrected chi connectivity index (χ0v) is 9.93. The highest BCUT2D eigenvalue weighted by molar-refractivity contribution is 7.98. The third-order valence-corrected chi connectivity index (χ3v) is 2.90. The van der Waals surface area contributed by atoms with E-state index in [0.29, 0.717) is 12.1 Å². The third-order valence-electron chi connectivity index (χ3n) is 2.26. The lowest BCUT2D eigenvalue weighted by Crippen LogP contribution is -2.29. The SMILES string of the molecule is CSCC[C@H](C)N[C@H](C)c1ccco1. The highest BCUT2D eigenvalue weighted by atomic mass is 32.2. The zero-order chi connectivity index (χ0) is 10.4. The van der Waals surface area contributed by atoms with E-state index < -0.39 is 0 Å². The molecule has 0 aromatic carbocycles.